The van der Waals surface area contributed by atoms with Gasteiger partial charge in [-0.15, -0.1) is 0 Å². The molecule has 0 aliphatic carbocycles. The molecule has 0 aliphatic rings. The summed E-state index contributed by atoms with van der Waals surface area (Å²) in [6.45, 7) is 0. The second-order valence-corrected chi connectivity index (χ2v) is 12.1. The Balaban J connectivity index is 1.27. The summed E-state index contributed by atoms with van der Waals surface area (Å²) in [5.74, 6) is 0. The highest BCUT2D eigenvalue weighted by Gasteiger charge is 2.20. The number of rotatable bonds is 6. The predicted octanol–water partition coefficient (Wildman–Crippen LogP) is 13.2. The molecule has 1 aromatic heterocycles. The van der Waals surface area contributed by atoms with Crippen LogP contribution < -0.4 is 4.90 Å². The molecule has 0 saturated carbocycles. The molecule has 9 rings (SSSR count). The Hall–Kier alpha value is -6.38. The average Bonchev–Trinajstić information content (AvgIpc) is 3.54. The second-order valence-electron chi connectivity index (χ2n) is 12.1. The monoisotopic (exact) mass is 613 g/mol. The summed E-state index contributed by atoms with van der Waals surface area (Å²) in [5.41, 5.74) is 12.2. The third-order valence-electron chi connectivity index (χ3n) is 9.27. The van der Waals surface area contributed by atoms with Crippen molar-refractivity contribution < 1.29 is 4.42 Å². The molecule has 2 nitrogen and oxygen atoms in total. The van der Waals surface area contributed by atoms with Crippen LogP contribution in [0, 0.1) is 0 Å². The van der Waals surface area contributed by atoms with Gasteiger partial charge in [0, 0.05) is 33.1 Å². The Labute approximate surface area is 279 Å². The summed E-state index contributed by atoms with van der Waals surface area (Å²) in [4.78, 5) is 2.37. The van der Waals surface area contributed by atoms with Crippen LogP contribution in [0.15, 0.2) is 192 Å². The number of hydrogen-bond donors (Lipinski definition) is 0. The minimum atomic E-state index is 0.875. The van der Waals surface area contributed by atoms with E-state index in [1.807, 2.05) is 0 Å². The van der Waals surface area contributed by atoms with Crippen molar-refractivity contribution >= 4 is 49.8 Å². The number of furan rings is 1. The first kappa shape index (κ1) is 27.9. The van der Waals surface area contributed by atoms with Crippen LogP contribution in [0.4, 0.5) is 17.1 Å². The topological polar surface area (TPSA) is 16.4 Å². The maximum absolute atomic E-state index is 6.64. The zero-order valence-corrected chi connectivity index (χ0v) is 26.3. The first-order valence-corrected chi connectivity index (χ1v) is 16.4. The molecule has 0 bridgehead atoms. The lowest BCUT2D eigenvalue weighted by Gasteiger charge is -2.28. The molecule has 8 aromatic carbocycles. The molecule has 0 radical (unpaired) electrons. The van der Waals surface area contributed by atoms with Gasteiger partial charge in [0.05, 0.1) is 5.69 Å². The van der Waals surface area contributed by atoms with Crippen molar-refractivity contribution in [2.24, 2.45) is 0 Å². The predicted molar refractivity (Wildman–Crippen MR) is 202 cm³/mol. The Bertz CT molecular complexity index is 2530. The van der Waals surface area contributed by atoms with Crippen molar-refractivity contribution in [3.05, 3.63) is 188 Å². The lowest BCUT2D eigenvalue weighted by atomic mass is 9.95. The van der Waals surface area contributed by atoms with Crippen molar-refractivity contribution in [2.45, 2.75) is 0 Å². The van der Waals surface area contributed by atoms with E-state index in [2.05, 4.69) is 193 Å². The molecule has 2 heteroatoms. The molecule has 9 aromatic rings. The number of para-hydroxylation sites is 1. The molecule has 0 fully saturated rings. The number of benzene rings is 8. The number of anilines is 3. The maximum atomic E-state index is 6.64. The van der Waals surface area contributed by atoms with Gasteiger partial charge >= 0.3 is 0 Å². The average molecular weight is 614 g/mol. The summed E-state index contributed by atoms with van der Waals surface area (Å²) < 4.78 is 6.64. The number of nitrogens with zero attached hydrogens (tertiary/aromatic N) is 1. The summed E-state index contributed by atoms with van der Waals surface area (Å²) in [5, 5.41) is 4.51. The van der Waals surface area contributed by atoms with Crippen molar-refractivity contribution in [3.63, 3.8) is 0 Å². The molecular formula is C46H31NO. The van der Waals surface area contributed by atoms with Gasteiger partial charge in [-0.1, -0.05) is 146 Å². The minimum Gasteiger partial charge on any atom is -0.455 e. The van der Waals surface area contributed by atoms with Crippen molar-refractivity contribution in [1.29, 1.82) is 0 Å². The van der Waals surface area contributed by atoms with Crippen LogP contribution in [0.25, 0.3) is 66.1 Å². The van der Waals surface area contributed by atoms with Gasteiger partial charge in [-0.25, -0.2) is 0 Å². The van der Waals surface area contributed by atoms with Crippen molar-refractivity contribution in [2.75, 3.05) is 4.90 Å². The summed E-state index contributed by atoms with van der Waals surface area (Å²) >= 11 is 0. The highest BCUT2D eigenvalue weighted by molar-refractivity contribution is 6.19. The number of fused-ring (bicyclic) bond motifs is 5. The summed E-state index contributed by atoms with van der Waals surface area (Å²) in [6, 6.07) is 66.8. The normalized spacial score (nSPS) is 11.3. The van der Waals surface area contributed by atoms with Gasteiger partial charge in [-0.3, -0.25) is 0 Å². The molecule has 0 spiro atoms. The maximum Gasteiger partial charge on any atom is 0.143 e. The highest BCUT2D eigenvalue weighted by atomic mass is 16.3. The minimum absolute atomic E-state index is 0.875. The molecular weight excluding hydrogens is 583 g/mol. The smallest absolute Gasteiger partial charge is 0.143 e. The van der Waals surface area contributed by atoms with E-state index in [4.69, 9.17) is 4.42 Å². The van der Waals surface area contributed by atoms with E-state index < -0.39 is 0 Å². The van der Waals surface area contributed by atoms with E-state index in [1.165, 1.54) is 38.8 Å². The molecule has 0 atom stereocenters. The van der Waals surface area contributed by atoms with Crippen LogP contribution in [-0.4, -0.2) is 0 Å². The first-order chi connectivity index (χ1) is 23.8. The lowest BCUT2D eigenvalue weighted by Crippen LogP contribution is -2.11. The van der Waals surface area contributed by atoms with Crippen LogP contribution in [-0.2, 0) is 0 Å². The molecule has 1 heterocycles. The van der Waals surface area contributed by atoms with Gasteiger partial charge in [0.25, 0.3) is 0 Å². The quantitative estimate of drug-likeness (QED) is 0.185. The Kier molecular flexibility index (Phi) is 6.84. The van der Waals surface area contributed by atoms with Gasteiger partial charge in [0.1, 0.15) is 11.2 Å². The van der Waals surface area contributed by atoms with E-state index >= 15 is 0 Å². The molecule has 48 heavy (non-hydrogen) atoms. The molecule has 0 unspecified atom stereocenters. The van der Waals surface area contributed by atoms with Crippen LogP contribution in [0.1, 0.15) is 0 Å². The zero-order valence-electron chi connectivity index (χ0n) is 26.3. The van der Waals surface area contributed by atoms with Gasteiger partial charge in [0.2, 0.25) is 0 Å². The van der Waals surface area contributed by atoms with Crippen LogP contribution in [0.3, 0.4) is 0 Å². The van der Waals surface area contributed by atoms with Gasteiger partial charge in [0.15, 0.2) is 0 Å². The molecule has 0 saturated heterocycles. The van der Waals surface area contributed by atoms with E-state index in [-0.39, 0.29) is 0 Å². The van der Waals surface area contributed by atoms with Gasteiger partial charge in [-0.2, -0.15) is 0 Å². The fraction of sp³-hybridized carbons (Fsp3) is 0. The fourth-order valence-electron chi connectivity index (χ4n) is 6.97. The molecule has 0 aliphatic heterocycles. The Morgan fingerprint density at radius 3 is 1.58 bits per heavy atom. The van der Waals surface area contributed by atoms with E-state index in [1.54, 1.807) is 0 Å². The Morgan fingerprint density at radius 2 is 0.875 bits per heavy atom. The van der Waals surface area contributed by atoms with Crippen molar-refractivity contribution in [1.82, 2.24) is 0 Å². The van der Waals surface area contributed by atoms with E-state index in [0.717, 1.165) is 44.4 Å². The Morgan fingerprint density at radius 1 is 0.333 bits per heavy atom. The van der Waals surface area contributed by atoms with E-state index in [9.17, 15) is 0 Å². The standard InChI is InChI=1S/C46H31NO/c1-4-14-32(15-5-1)33-24-26-36(27-25-33)47(44-23-13-12-20-38(44)34-16-6-2-7-17-34)37-28-29-45-42(30-37)43-31-41(35-18-8-3-9-19-35)39-21-10-11-22-40(39)46(43)48-45/h1-31H. The van der Waals surface area contributed by atoms with E-state index in [0.29, 0.717) is 0 Å². The molecule has 0 amide bonds. The lowest BCUT2D eigenvalue weighted by molar-refractivity contribution is 0.672. The van der Waals surface area contributed by atoms with Gasteiger partial charge in [-0.05, 0) is 75.7 Å². The third kappa shape index (κ3) is 4.83. The summed E-state index contributed by atoms with van der Waals surface area (Å²) in [7, 11) is 0. The van der Waals surface area contributed by atoms with Crippen LogP contribution >= 0.6 is 0 Å². The third-order valence-corrected chi connectivity index (χ3v) is 9.27. The van der Waals surface area contributed by atoms with Crippen LogP contribution in [0.5, 0.6) is 0 Å². The fourth-order valence-corrected chi connectivity index (χ4v) is 6.97. The summed E-state index contributed by atoms with van der Waals surface area (Å²) in [6.07, 6.45) is 0. The second kappa shape index (κ2) is 11.8. The molecule has 0 N–H and O–H groups in total. The number of hydrogen-bond acceptors (Lipinski definition) is 2. The zero-order chi connectivity index (χ0) is 31.9. The van der Waals surface area contributed by atoms with Gasteiger partial charge < -0.3 is 9.32 Å². The molecule has 226 valence electrons. The van der Waals surface area contributed by atoms with Crippen LogP contribution in [0.2, 0.25) is 0 Å². The highest BCUT2D eigenvalue weighted by Crippen LogP contribution is 2.45. The first-order valence-electron chi connectivity index (χ1n) is 16.4. The largest absolute Gasteiger partial charge is 0.455 e. The van der Waals surface area contributed by atoms with Crippen molar-refractivity contribution in [3.8, 4) is 33.4 Å². The SMILES string of the molecule is c1ccc(-c2ccc(N(c3ccc4oc5c6ccccc6c(-c6ccccc6)cc5c4c3)c3ccccc3-c3ccccc3)cc2)cc1.